The molecule has 2 N–H and O–H groups in total. The summed E-state index contributed by atoms with van der Waals surface area (Å²) in [6.45, 7) is 1.29. The highest BCUT2D eigenvalue weighted by Crippen LogP contribution is 2.27. The quantitative estimate of drug-likeness (QED) is 0.902. The van der Waals surface area contributed by atoms with Crippen LogP contribution in [0.2, 0.25) is 0 Å². The van der Waals surface area contributed by atoms with Crippen molar-refractivity contribution < 1.29 is 13.6 Å². The van der Waals surface area contributed by atoms with Gasteiger partial charge >= 0.3 is 0 Å². The Morgan fingerprint density at radius 2 is 1.92 bits per heavy atom. The van der Waals surface area contributed by atoms with E-state index in [-0.39, 0.29) is 17.9 Å². The SMILES string of the molecule is N#Cc1ccc(C(=O)NC2CNCCC2c2ccc(F)c(F)c2)cc1. The zero-order chi connectivity index (χ0) is 17.8. The molecule has 0 bridgehead atoms. The molecule has 4 nitrogen and oxygen atoms in total. The van der Waals surface area contributed by atoms with Crippen molar-refractivity contribution in [3.8, 4) is 6.07 Å². The molecular formula is C19H17F2N3O. The van der Waals surface area contributed by atoms with Gasteiger partial charge in [-0.05, 0) is 54.9 Å². The Hall–Kier alpha value is -2.78. The van der Waals surface area contributed by atoms with Gasteiger partial charge in [0.1, 0.15) is 0 Å². The molecule has 0 aromatic heterocycles. The van der Waals surface area contributed by atoms with Crippen LogP contribution in [0.3, 0.4) is 0 Å². The van der Waals surface area contributed by atoms with Crippen LogP contribution in [0.5, 0.6) is 0 Å². The summed E-state index contributed by atoms with van der Waals surface area (Å²) in [6.07, 6.45) is 0.712. The summed E-state index contributed by atoms with van der Waals surface area (Å²) in [7, 11) is 0. The third-order valence-electron chi connectivity index (χ3n) is 4.45. The fourth-order valence-corrected chi connectivity index (χ4v) is 3.10. The number of hydrogen-bond acceptors (Lipinski definition) is 3. The third kappa shape index (κ3) is 3.83. The number of hydrogen-bond donors (Lipinski definition) is 2. The van der Waals surface area contributed by atoms with E-state index in [1.807, 2.05) is 6.07 Å². The Morgan fingerprint density at radius 3 is 2.60 bits per heavy atom. The molecule has 6 heteroatoms. The van der Waals surface area contributed by atoms with Gasteiger partial charge in [0, 0.05) is 24.1 Å². The monoisotopic (exact) mass is 341 g/mol. The highest BCUT2D eigenvalue weighted by atomic mass is 19.2. The van der Waals surface area contributed by atoms with Gasteiger partial charge < -0.3 is 10.6 Å². The zero-order valence-electron chi connectivity index (χ0n) is 13.4. The van der Waals surface area contributed by atoms with Crippen LogP contribution in [-0.2, 0) is 0 Å². The summed E-state index contributed by atoms with van der Waals surface area (Å²) in [5.74, 6) is -2.12. The molecule has 0 spiro atoms. The second kappa shape index (κ2) is 7.41. The normalized spacial score (nSPS) is 19.9. The average Bonchev–Trinajstić information content (AvgIpc) is 2.64. The third-order valence-corrected chi connectivity index (χ3v) is 4.45. The Bertz CT molecular complexity index is 814. The topological polar surface area (TPSA) is 64.9 Å². The van der Waals surface area contributed by atoms with Crippen LogP contribution in [0.1, 0.15) is 33.8 Å². The first-order valence-corrected chi connectivity index (χ1v) is 8.05. The maximum absolute atomic E-state index is 13.6. The summed E-state index contributed by atoms with van der Waals surface area (Å²) in [6, 6.07) is 12.0. The predicted molar refractivity (Wildman–Crippen MR) is 89.0 cm³/mol. The van der Waals surface area contributed by atoms with E-state index in [0.717, 1.165) is 12.6 Å². The molecule has 1 amide bonds. The number of piperidine rings is 1. The lowest BCUT2D eigenvalue weighted by molar-refractivity contribution is 0.0924. The summed E-state index contributed by atoms with van der Waals surface area (Å²) in [4.78, 5) is 12.5. The molecule has 2 unspecified atom stereocenters. The standard InChI is InChI=1S/C19H17F2N3O/c20-16-6-5-14(9-17(16)21)15-7-8-23-11-18(15)24-19(25)13-3-1-12(10-22)2-4-13/h1-6,9,15,18,23H,7-8,11H2,(H,24,25). The average molecular weight is 341 g/mol. The minimum absolute atomic E-state index is 0.0984. The lowest BCUT2D eigenvalue weighted by atomic mass is 9.85. The molecule has 0 aliphatic carbocycles. The van der Waals surface area contributed by atoms with Crippen molar-refractivity contribution in [2.45, 2.75) is 18.4 Å². The van der Waals surface area contributed by atoms with E-state index in [2.05, 4.69) is 10.6 Å². The van der Waals surface area contributed by atoms with Crippen molar-refractivity contribution in [3.63, 3.8) is 0 Å². The number of nitriles is 1. The van der Waals surface area contributed by atoms with Crippen LogP contribution in [0, 0.1) is 23.0 Å². The van der Waals surface area contributed by atoms with E-state index in [4.69, 9.17) is 5.26 Å². The van der Waals surface area contributed by atoms with E-state index in [1.165, 1.54) is 6.07 Å². The molecule has 1 saturated heterocycles. The summed E-state index contributed by atoms with van der Waals surface area (Å²) in [5, 5.41) is 15.0. The molecular weight excluding hydrogens is 324 g/mol. The van der Waals surface area contributed by atoms with Crippen molar-refractivity contribution in [1.29, 1.82) is 5.26 Å². The van der Waals surface area contributed by atoms with Gasteiger partial charge in [0.15, 0.2) is 11.6 Å². The molecule has 0 radical (unpaired) electrons. The van der Waals surface area contributed by atoms with Crippen LogP contribution >= 0.6 is 0 Å². The number of carbonyl (C=O) groups excluding carboxylic acids is 1. The van der Waals surface area contributed by atoms with Gasteiger partial charge in [-0.15, -0.1) is 0 Å². The van der Waals surface area contributed by atoms with Crippen LogP contribution in [-0.4, -0.2) is 25.0 Å². The molecule has 25 heavy (non-hydrogen) atoms. The highest BCUT2D eigenvalue weighted by molar-refractivity contribution is 5.94. The molecule has 128 valence electrons. The Morgan fingerprint density at radius 1 is 1.16 bits per heavy atom. The van der Waals surface area contributed by atoms with E-state index >= 15 is 0 Å². The predicted octanol–water partition coefficient (Wildman–Crippen LogP) is 2.71. The fourth-order valence-electron chi connectivity index (χ4n) is 3.10. The minimum atomic E-state index is -0.881. The molecule has 1 aliphatic rings. The second-order valence-electron chi connectivity index (χ2n) is 6.04. The van der Waals surface area contributed by atoms with E-state index in [0.29, 0.717) is 29.7 Å². The van der Waals surface area contributed by atoms with E-state index in [1.54, 1.807) is 30.3 Å². The number of nitrogens with one attached hydrogen (secondary N) is 2. The van der Waals surface area contributed by atoms with Crippen molar-refractivity contribution in [2.24, 2.45) is 0 Å². The molecule has 3 rings (SSSR count). The lowest BCUT2D eigenvalue weighted by Crippen LogP contribution is -2.50. The first-order valence-electron chi connectivity index (χ1n) is 8.05. The second-order valence-corrected chi connectivity index (χ2v) is 6.04. The largest absolute Gasteiger partial charge is 0.347 e. The highest BCUT2D eigenvalue weighted by Gasteiger charge is 2.28. The molecule has 2 aromatic carbocycles. The molecule has 0 saturated carbocycles. The van der Waals surface area contributed by atoms with E-state index < -0.39 is 11.6 Å². The number of halogens is 2. The van der Waals surface area contributed by atoms with Crippen molar-refractivity contribution in [1.82, 2.24) is 10.6 Å². The fraction of sp³-hybridized carbons (Fsp3) is 0.263. The van der Waals surface area contributed by atoms with Gasteiger partial charge in [0.2, 0.25) is 0 Å². The Labute approximate surface area is 144 Å². The van der Waals surface area contributed by atoms with Crippen molar-refractivity contribution in [2.75, 3.05) is 13.1 Å². The van der Waals surface area contributed by atoms with Gasteiger partial charge in [-0.2, -0.15) is 5.26 Å². The molecule has 1 heterocycles. The van der Waals surface area contributed by atoms with E-state index in [9.17, 15) is 13.6 Å². The van der Waals surface area contributed by atoms with Crippen LogP contribution in [0.4, 0.5) is 8.78 Å². The number of carbonyl (C=O) groups is 1. The van der Waals surface area contributed by atoms with Gasteiger partial charge in [-0.3, -0.25) is 4.79 Å². The maximum Gasteiger partial charge on any atom is 0.251 e. The number of benzene rings is 2. The zero-order valence-corrected chi connectivity index (χ0v) is 13.4. The molecule has 1 aliphatic heterocycles. The minimum Gasteiger partial charge on any atom is -0.347 e. The first kappa shape index (κ1) is 17.1. The van der Waals surface area contributed by atoms with Gasteiger partial charge in [-0.1, -0.05) is 6.07 Å². The smallest absolute Gasteiger partial charge is 0.251 e. The Balaban J connectivity index is 1.77. The van der Waals surface area contributed by atoms with Gasteiger partial charge in [0.05, 0.1) is 11.6 Å². The Kier molecular flexibility index (Phi) is 5.05. The first-order chi connectivity index (χ1) is 12.1. The lowest BCUT2D eigenvalue weighted by Gasteiger charge is -2.33. The van der Waals surface area contributed by atoms with Gasteiger partial charge in [-0.25, -0.2) is 8.78 Å². The maximum atomic E-state index is 13.6. The van der Waals surface area contributed by atoms with Crippen molar-refractivity contribution >= 4 is 5.91 Å². The van der Waals surface area contributed by atoms with Crippen LogP contribution in [0.15, 0.2) is 42.5 Å². The van der Waals surface area contributed by atoms with Crippen LogP contribution < -0.4 is 10.6 Å². The molecule has 2 atom stereocenters. The summed E-state index contributed by atoms with van der Waals surface area (Å²) >= 11 is 0. The number of nitrogens with zero attached hydrogens (tertiary/aromatic N) is 1. The molecule has 1 fully saturated rings. The van der Waals surface area contributed by atoms with Crippen molar-refractivity contribution in [3.05, 3.63) is 70.8 Å². The summed E-state index contributed by atoms with van der Waals surface area (Å²) < 4.78 is 26.7. The number of rotatable bonds is 3. The summed E-state index contributed by atoms with van der Waals surface area (Å²) in [5.41, 5.74) is 1.61. The molecule has 2 aromatic rings. The van der Waals surface area contributed by atoms with Gasteiger partial charge in [0.25, 0.3) is 5.91 Å². The van der Waals surface area contributed by atoms with Crippen LogP contribution in [0.25, 0.3) is 0 Å². The number of amides is 1.